The number of fused-ring (bicyclic) bond motifs is 1. The van der Waals surface area contributed by atoms with Gasteiger partial charge in [0, 0.05) is 16.3 Å². The number of amides is 2. The summed E-state index contributed by atoms with van der Waals surface area (Å²) >= 11 is 1.35. The molecule has 5 aromatic carbocycles. The third-order valence-corrected chi connectivity index (χ3v) is 7.73. The summed E-state index contributed by atoms with van der Waals surface area (Å²) in [5.41, 5.74) is 1.10. The SMILES string of the molecule is O=C(O)c1ccc(C(=O)Nc2ccc(SC(C(=O)Nc3ccc4ccccc4c3)c3ccccc3)cc2)c(C(=O)O)c1. The summed E-state index contributed by atoms with van der Waals surface area (Å²) in [5.74, 6) is -3.59. The molecule has 0 fully saturated rings. The number of nitrogens with one attached hydrogen (secondary N) is 2. The molecular weight excluding hydrogens is 552 g/mol. The van der Waals surface area contributed by atoms with Crippen molar-refractivity contribution in [3.63, 3.8) is 0 Å². The largest absolute Gasteiger partial charge is 0.478 e. The van der Waals surface area contributed by atoms with E-state index in [2.05, 4.69) is 10.6 Å². The van der Waals surface area contributed by atoms with E-state index in [1.807, 2.05) is 72.8 Å². The van der Waals surface area contributed by atoms with E-state index in [1.165, 1.54) is 23.9 Å². The third-order valence-electron chi connectivity index (χ3n) is 6.47. The second kappa shape index (κ2) is 12.4. The molecule has 0 radical (unpaired) electrons. The Morgan fingerprint density at radius 1 is 0.595 bits per heavy atom. The predicted octanol–water partition coefficient (Wildman–Crippen LogP) is 6.96. The molecule has 0 aliphatic carbocycles. The Kier molecular flexibility index (Phi) is 8.31. The Labute approximate surface area is 245 Å². The van der Waals surface area contributed by atoms with Crippen molar-refractivity contribution in [1.29, 1.82) is 0 Å². The van der Waals surface area contributed by atoms with Crippen LogP contribution in [0.5, 0.6) is 0 Å². The van der Waals surface area contributed by atoms with Gasteiger partial charge >= 0.3 is 11.9 Å². The Morgan fingerprint density at radius 3 is 1.95 bits per heavy atom. The molecule has 0 saturated carbocycles. The van der Waals surface area contributed by atoms with E-state index in [4.69, 9.17) is 5.11 Å². The molecule has 9 heteroatoms. The molecule has 0 spiro atoms. The van der Waals surface area contributed by atoms with Gasteiger partial charge in [0.25, 0.3) is 5.91 Å². The average molecular weight is 577 g/mol. The first-order chi connectivity index (χ1) is 20.3. The molecular formula is C33H24N2O6S. The van der Waals surface area contributed by atoms with E-state index in [1.54, 1.807) is 24.3 Å². The fraction of sp³-hybridized carbons (Fsp3) is 0.0303. The van der Waals surface area contributed by atoms with Gasteiger partial charge < -0.3 is 20.8 Å². The number of anilines is 2. The predicted molar refractivity (Wildman–Crippen MR) is 162 cm³/mol. The van der Waals surface area contributed by atoms with Gasteiger partial charge in [-0.05, 0) is 70.9 Å². The van der Waals surface area contributed by atoms with Gasteiger partial charge in [0.1, 0.15) is 5.25 Å². The van der Waals surface area contributed by atoms with Crippen LogP contribution in [0, 0.1) is 0 Å². The van der Waals surface area contributed by atoms with Crippen LogP contribution in [0.25, 0.3) is 10.8 Å². The first-order valence-corrected chi connectivity index (χ1v) is 13.7. The van der Waals surface area contributed by atoms with Crippen molar-refractivity contribution in [2.75, 3.05) is 10.6 Å². The highest BCUT2D eigenvalue weighted by Crippen LogP contribution is 2.37. The Balaban J connectivity index is 1.32. The van der Waals surface area contributed by atoms with Crippen LogP contribution in [0.2, 0.25) is 0 Å². The third kappa shape index (κ3) is 6.48. The zero-order chi connectivity index (χ0) is 29.6. The minimum Gasteiger partial charge on any atom is -0.478 e. The summed E-state index contributed by atoms with van der Waals surface area (Å²) in [7, 11) is 0. The van der Waals surface area contributed by atoms with Crippen molar-refractivity contribution in [2.24, 2.45) is 0 Å². The van der Waals surface area contributed by atoms with Crippen molar-refractivity contribution in [3.05, 3.63) is 138 Å². The Bertz CT molecular complexity index is 1810. The molecule has 208 valence electrons. The number of carboxylic acid groups (broad SMARTS) is 2. The molecule has 0 aliphatic heterocycles. The first-order valence-electron chi connectivity index (χ1n) is 12.8. The van der Waals surface area contributed by atoms with Crippen molar-refractivity contribution in [2.45, 2.75) is 10.1 Å². The standard InChI is InChI=1S/C33H24N2O6S/c36-30(27-17-11-23(32(38)39)19-28(27)33(40)41)34-24-13-15-26(16-14-24)42-29(21-7-2-1-3-8-21)31(37)35-25-12-10-20-6-4-5-9-22(20)18-25/h1-19,29H,(H,34,36)(H,35,37)(H,38,39)(H,40,41). The molecule has 4 N–H and O–H groups in total. The van der Waals surface area contributed by atoms with Gasteiger partial charge in [-0.2, -0.15) is 0 Å². The van der Waals surface area contributed by atoms with Crippen LogP contribution in [-0.2, 0) is 4.79 Å². The van der Waals surface area contributed by atoms with Gasteiger partial charge in [-0.15, -0.1) is 11.8 Å². The fourth-order valence-corrected chi connectivity index (χ4v) is 5.40. The quantitative estimate of drug-likeness (QED) is 0.139. The number of aromatic carboxylic acids is 2. The van der Waals surface area contributed by atoms with Crippen LogP contribution < -0.4 is 10.6 Å². The summed E-state index contributed by atoms with van der Waals surface area (Å²) in [5, 5.41) is 25.8. The number of benzene rings is 5. The average Bonchev–Trinajstić information content (AvgIpc) is 3.00. The molecule has 5 rings (SSSR count). The minimum atomic E-state index is -1.41. The van der Waals surface area contributed by atoms with Gasteiger partial charge in [0.15, 0.2) is 0 Å². The zero-order valence-electron chi connectivity index (χ0n) is 22.0. The Morgan fingerprint density at radius 2 is 1.26 bits per heavy atom. The van der Waals surface area contributed by atoms with Crippen LogP contribution in [0.1, 0.15) is 41.9 Å². The molecule has 2 amide bonds. The second-order valence-corrected chi connectivity index (χ2v) is 10.5. The van der Waals surface area contributed by atoms with Gasteiger partial charge in [-0.25, -0.2) is 9.59 Å². The molecule has 0 bridgehead atoms. The van der Waals surface area contributed by atoms with Crippen molar-refractivity contribution in [3.8, 4) is 0 Å². The van der Waals surface area contributed by atoms with Crippen LogP contribution >= 0.6 is 11.8 Å². The summed E-state index contributed by atoms with van der Waals surface area (Å²) < 4.78 is 0. The lowest BCUT2D eigenvalue weighted by molar-refractivity contribution is -0.115. The van der Waals surface area contributed by atoms with E-state index in [0.29, 0.717) is 11.4 Å². The lowest BCUT2D eigenvalue weighted by Gasteiger charge is -2.18. The number of carboxylic acids is 2. The summed E-state index contributed by atoms with van der Waals surface area (Å²) in [6.07, 6.45) is 0. The number of hydrogen-bond donors (Lipinski definition) is 4. The van der Waals surface area contributed by atoms with Crippen LogP contribution in [0.3, 0.4) is 0 Å². The van der Waals surface area contributed by atoms with E-state index in [9.17, 15) is 24.3 Å². The van der Waals surface area contributed by atoms with E-state index < -0.39 is 28.7 Å². The van der Waals surface area contributed by atoms with Crippen molar-refractivity contribution >= 4 is 57.7 Å². The maximum Gasteiger partial charge on any atom is 0.336 e. The zero-order valence-corrected chi connectivity index (χ0v) is 22.8. The Hall–Kier alpha value is -5.41. The molecule has 42 heavy (non-hydrogen) atoms. The maximum atomic E-state index is 13.5. The van der Waals surface area contributed by atoms with Gasteiger partial charge in [0.05, 0.1) is 16.7 Å². The number of rotatable bonds is 9. The van der Waals surface area contributed by atoms with Crippen LogP contribution in [-0.4, -0.2) is 34.0 Å². The molecule has 0 aromatic heterocycles. The van der Waals surface area contributed by atoms with Crippen molar-refractivity contribution in [1.82, 2.24) is 0 Å². The number of hydrogen-bond acceptors (Lipinski definition) is 5. The first kappa shape index (κ1) is 28.1. The summed E-state index contributed by atoms with van der Waals surface area (Å²) in [6.45, 7) is 0. The van der Waals surface area contributed by atoms with E-state index in [-0.39, 0.29) is 17.0 Å². The lowest BCUT2D eigenvalue weighted by atomic mass is 10.0. The molecule has 0 aliphatic rings. The van der Waals surface area contributed by atoms with Crippen molar-refractivity contribution < 1.29 is 29.4 Å². The molecule has 1 atom stereocenters. The smallest absolute Gasteiger partial charge is 0.336 e. The monoisotopic (exact) mass is 576 g/mol. The minimum absolute atomic E-state index is 0.166. The van der Waals surface area contributed by atoms with Gasteiger partial charge in [0.2, 0.25) is 5.91 Å². The normalized spacial score (nSPS) is 11.4. The van der Waals surface area contributed by atoms with Crippen LogP contribution in [0.4, 0.5) is 11.4 Å². The lowest BCUT2D eigenvalue weighted by Crippen LogP contribution is -2.19. The molecule has 5 aromatic rings. The summed E-state index contributed by atoms with van der Waals surface area (Å²) in [6, 6.07) is 33.2. The number of carbonyl (C=O) groups is 4. The highest BCUT2D eigenvalue weighted by molar-refractivity contribution is 8.00. The van der Waals surface area contributed by atoms with Crippen LogP contribution in [0.15, 0.2) is 120 Å². The second-order valence-electron chi connectivity index (χ2n) is 9.31. The topological polar surface area (TPSA) is 133 Å². The van der Waals surface area contributed by atoms with Gasteiger partial charge in [-0.3, -0.25) is 9.59 Å². The van der Waals surface area contributed by atoms with E-state index in [0.717, 1.165) is 27.3 Å². The molecule has 0 saturated heterocycles. The molecule has 0 heterocycles. The number of thioether (sulfide) groups is 1. The highest BCUT2D eigenvalue weighted by Gasteiger charge is 2.23. The fourth-order valence-electron chi connectivity index (χ4n) is 4.38. The summed E-state index contributed by atoms with van der Waals surface area (Å²) in [4.78, 5) is 50.0. The maximum absolute atomic E-state index is 13.5. The molecule has 1 unspecified atom stereocenters. The van der Waals surface area contributed by atoms with E-state index >= 15 is 0 Å². The number of carbonyl (C=O) groups excluding carboxylic acids is 2. The molecule has 8 nitrogen and oxygen atoms in total. The van der Waals surface area contributed by atoms with Gasteiger partial charge in [-0.1, -0.05) is 60.7 Å². The highest BCUT2D eigenvalue weighted by atomic mass is 32.2.